The molecule has 3 nitrogen and oxygen atoms in total. The molecule has 0 bridgehead atoms. The second-order valence-corrected chi connectivity index (χ2v) is 5.95. The van der Waals surface area contributed by atoms with Gasteiger partial charge in [0.1, 0.15) is 5.82 Å². The van der Waals surface area contributed by atoms with Crippen LogP contribution in [-0.4, -0.2) is 5.91 Å². The molecule has 1 aliphatic rings. The molecule has 5 heteroatoms. The SMILES string of the molecule is Nc1ccc(C(=O)NC2CCCc3sccc32)cc1F. The number of carbonyl (C=O) groups excluding carboxylic acids is 1. The van der Waals surface area contributed by atoms with Crippen molar-refractivity contribution in [3.05, 3.63) is 51.5 Å². The first kappa shape index (κ1) is 13.1. The molecule has 104 valence electrons. The summed E-state index contributed by atoms with van der Waals surface area (Å²) < 4.78 is 13.4. The van der Waals surface area contributed by atoms with E-state index in [2.05, 4.69) is 16.8 Å². The molecule has 1 atom stereocenters. The third-order valence-electron chi connectivity index (χ3n) is 3.62. The van der Waals surface area contributed by atoms with E-state index < -0.39 is 5.82 Å². The van der Waals surface area contributed by atoms with E-state index in [-0.39, 0.29) is 17.6 Å². The Hall–Kier alpha value is -1.88. The lowest BCUT2D eigenvalue weighted by molar-refractivity contribution is 0.0932. The maximum atomic E-state index is 13.4. The van der Waals surface area contributed by atoms with Crippen LogP contribution in [0.3, 0.4) is 0 Å². The fourth-order valence-electron chi connectivity index (χ4n) is 2.55. The molecule has 1 amide bonds. The summed E-state index contributed by atoms with van der Waals surface area (Å²) in [4.78, 5) is 13.5. The molecule has 1 aliphatic carbocycles. The zero-order chi connectivity index (χ0) is 14.1. The smallest absolute Gasteiger partial charge is 0.251 e. The average Bonchev–Trinajstić information content (AvgIpc) is 2.91. The molecule has 20 heavy (non-hydrogen) atoms. The Bertz CT molecular complexity index is 653. The van der Waals surface area contributed by atoms with Gasteiger partial charge in [0.15, 0.2) is 0 Å². The highest BCUT2D eigenvalue weighted by Crippen LogP contribution is 2.33. The minimum atomic E-state index is -0.558. The van der Waals surface area contributed by atoms with E-state index in [4.69, 9.17) is 5.73 Å². The molecule has 1 heterocycles. The molecule has 2 aromatic rings. The van der Waals surface area contributed by atoms with E-state index in [1.165, 1.54) is 22.6 Å². The first-order chi connectivity index (χ1) is 9.65. The first-order valence-electron chi connectivity index (χ1n) is 6.57. The Kier molecular flexibility index (Phi) is 3.44. The van der Waals surface area contributed by atoms with Crippen LogP contribution in [0.25, 0.3) is 0 Å². The number of anilines is 1. The van der Waals surface area contributed by atoms with Crippen LogP contribution in [-0.2, 0) is 6.42 Å². The topological polar surface area (TPSA) is 55.1 Å². The Morgan fingerprint density at radius 3 is 3.05 bits per heavy atom. The van der Waals surface area contributed by atoms with Gasteiger partial charge in [0.2, 0.25) is 0 Å². The van der Waals surface area contributed by atoms with Crippen molar-refractivity contribution >= 4 is 22.9 Å². The van der Waals surface area contributed by atoms with Crippen LogP contribution < -0.4 is 11.1 Å². The second kappa shape index (κ2) is 5.25. The second-order valence-electron chi connectivity index (χ2n) is 4.95. The van der Waals surface area contributed by atoms with Crippen molar-refractivity contribution in [2.75, 3.05) is 5.73 Å². The predicted octanol–water partition coefficient (Wildman–Crippen LogP) is 3.28. The summed E-state index contributed by atoms with van der Waals surface area (Å²) in [7, 11) is 0. The number of nitrogens with one attached hydrogen (secondary N) is 1. The van der Waals surface area contributed by atoms with Gasteiger partial charge in [-0.2, -0.15) is 0 Å². The van der Waals surface area contributed by atoms with Gasteiger partial charge in [-0.3, -0.25) is 4.79 Å². The van der Waals surface area contributed by atoms with E-state index in [0.29, 0.717) is 5.56 Å². The quantitative estimate of drug-likeness (QED) is 0.834. The molecular formula is C15H15FN2OS. The lowest BCUT2D eigenvalue weighted by Crippen LogP contribution is -2.30. The maximum absolute atomic E-state index is 13.4. The lowest BCUT2D eigenvalue weighted by atomic mass is 9.94. The Morgan fingerprint density at radius 2 is 2.25 bits per heavy atom. The third-order valence-corrected chi connectivity index (χ3v) is 4.62. The average molecular weight is 290 g/mol. The van der Waals surface area contributed by atoms with Crippen molar-refractivity contribution in [1.82, 2.24) is 5.32 Å². The van der Waals surface area contributed by atoms with E-state index in [1.54, 1.807) is 17.4 Å². The zero-order valence-corrected chi connectivity index (χ0v) is 11.7. The number of rotatable bonds is 2. The van der Waals surface area contributed by atoms with Gasteiger partial charge in [-0.25, -0.2) is 4.39 Å². The third kappa shape index (κ3) is 2.41. The first-order valence-corrected chi connectivity index (χ1v) is 7.45. The van der Waals surface area contributed by atoms with Crippen molar-refractivity contribution in [3.8, 4) is 0 Å². The van der Waals surface area contributed by atoms with E-state index in [1.807, 2.05) is 0 Å². The molecule has 1 unspecified atom stereocenters. The number of carbonyl (C=O) groups is 1. The number of hydrogen-bond acceptors (Lipinski definition) is 3. The fraction of sp³-hybridized carbons (Fsp3) is 0.267. The minimum absolute atomic E-state index is 0.0260. The minimum Gasteiger partial charge on any atom is -0.396 e. The molecule has 0 spiro atoms. The van der Waals surface area contributed by atoms with Crippen molar-refractivity contribution < 1.29 is 9.18 Å². The largest absolute Gasteiger partial charge is 0.396 e. The summed E-state index contributed by atoms with van der Waals surface area (Å²) in [6.45, 7) is 0. The van der Waals surface area contributed by atoms with Crippen molar-refractivity contribution in [3.63, 3.8) is 0 Å². The van der Waals surface area contributed by atoms with Gasteiger partial charge >= 0.3 is 0 Å². The zero-order valence-electron chi connectivity index (χ0n) is 10.9. The number of hydrogen-bond donors (Lipinski definition) is 2. The molecule has 3 rings (SSSR count). The van der Waals surface area contributed by atoms with Crippen molar-refractivity contribution in [1.29, 1.82) is 0 Å². The highest BCUT2D eigenvalue weighted by Gasteiger charge is 2.23. The number of fused-ring (bicyclic) bond motifs is 1. The van der Waals surface area contributed by atoms with Crippen molar-refractivity contribution in [2.24, 2.45) is 0 Å². The molecule has 3 N–H and O–H groups in total. The fourth-order valence-corrected chi connectivity index (χ4v) is 3.53. The van der Waals surface area contributed by atoms with Gasteiger partial charge in [0, 0.05) is 10.4 Å². The molecule has 0 radical (unpaired) electrons. The number of amides is 1. The van der Waals surface area contributed by atoms with Gasteiger partial charge in [0.25, 0.3) is 5.91 Å². The Balaban J connectivity index is 1.79. The highest BCUT2D eigenvalue weighted by atomic mass is 32.1. The van der Waals surface area contributed by atoms with Crippen LogP contribution in [0.1, 0.15) is 39.7 Å². The van der Waals surface area contributed by atoms with Crippen LogP contribution in [0.15, 0.2) is 29.6 Å². The summed E-state index contributed by atoms with van der Waals surface area (Å²) in [6.07, 6.45) is 3.07. The maximum Gasteiger partial charge on any atom is 0.251 e. The molecule has 0 aliphatic heterocycles. The number of nitrogen functional groups attached to an aromatic ring is 1. The molecule has 0 fully saturated rings. The normalized spacial score (nSPS) is 17.6. The van der Waals surface area contributed by atoms with Crippen LogP contribution in [0, 0.1) is 5.82 Å². The number of thiophene rings is 1. The van der Waals surface area contributed by atoms with Gasteiger partial charge in [-0.15, -0.1) is 11.3 Å². The molecule has 1 aromatic carbocycles. The summed E-state index contributed by atoms with van der Waals surface area (Å²) >= 11 is 1.73. The predicted molar refractivity (Wildman–Crippen MR) is 78.3 cm³/mol. The summed E-state index contributed by atoms with van der Waals surface area (Å²) in [5.74, 6) is -0.814. The van der Waals surface area contributed by atoms with Crippen LogP contribution in [0.4, 0.5) is 10.1 Å². The number of aryl methyl sites for hydroxylation is 1. The van der Waals surface area contributed by atoms with Crippen LogP contribution in [0.2, 0.25) is 0 Å². The van der Waals surface area contributed by atoms with Gasteiger partial charge in [-0.05, 0) is 54.5 Å². The van der Waals surface area contributed by atoms with E-state index >= 15 is 0 Å². The number of halogens is 1. The Labute approximate surface area is 120 Å². The van der Waals surface area contributed by atoms with Gasteiger partial charge in [0.05, 0.1) is 11.7 Å². The summed E-state index contributed by atoms with van der Waals surface area (Å²) in [5.41, 5.74) is 6.98. The molecule has 1 aromatic heterocycles. The van der Waals surface area contributed by atoms with Crippen LogP contribution in [0.5, 0.6) is 0 Å². The van der Waals surface area contributed by atoms with Crippen molar-refractivity contribution in [2.45, 2.75) is 25.3 Å². The monoisotopic (exact) mass is 290 g/mol. The van der Waals surface area contributed by atoms with E-state index in [9.17, 15) is 9.18 Å². The summed E-state index contributed by atoms with van der Waals surface area (Å²) in [5, 5.41) is 5.04. The lowest BCUT2D eigenvalue weighted by Gasteiger charge is -2.23. The number of benzene rings is 1. The molecule has 0 saturated carbocycles. The van der Waals surface area contributed by atoms with Crippen LogP contribution >= 0.6 is 11.3 Å². The van der Waals surface area contributed by atoms with Gasteiger partial charge < -0.3 is 11.1 Å². The van der Waals surface area contributed by atoms with E-state index in [0.717, 1.165) is 19.3 Å². The Morgan fingerprint density at radius 1 is 1.40 bits per heavy atom. The van der Waals surface area contributed by atoms with Gasteiger partial charge in [-0.1, -0.05) is 0 Å². The molecule has 0 saturated heterocycles. The summed E-state index contributed by atoms with van der Waals surface area (Å²) in [6, 6.07) is 6.24. The number of nitrogens with two attached hydrogens (primary N) is 1. The molecular weight excluding hydrogens is 275 g/mol. The highest BCUT2D eigenvalue weighted by molar-refractivity contribution is 7.10. The standard InChI is InChI=1S/C15H15FN2OS/c16-11-8-9(4-5-12(11)17)15(19)18-13-2-1-3-14-10(13)6-7-20-14/h4-8,13H,1-3,17H2,(H,18,19).